The molecule has 0 aliphatic carbocycles. The minimum Gasteiger partial charge on any atom is -0.497 e. The second kappa shape index (κ2) is 8.65. The molecule has 1 aliphatic rings. The van der Waals surface area contributed by atoms with Gasteiger partial charge >= 0.3 is 0 Å². The molecule has 0 radical (unpaired) electrons. The summed E-state index contributed by atoms with van der Waals surface area (Å²) in [5.41, 5.74) is 3.21. The summed E-state index contributed by atoms with van der Waals surface area (Å²) in [6.07, 6.45) is 0.761. The highest BCUT2D eigenvalue weighted by molar-refractivity contribution is 5.97. The summed E-state index contributed by atoms with van der Waals surface area (Å²) in [4.78, 5) is 17.5. The molecule has 3 rings (SSSR count). The molecule has 1 amide bonds. The molecule has 0 spiro atoms. The van der Waals surface area contributed by atoms with E-state index in [9.17, 15) is 4.79 Å². The first-order valence-electron chi connectivity index (χ1n) is 9.72. The Labute approximate surface area is 167 Å². The predicted molar refractivity (Wildman–Crippen MR) is 113 cm³/mol. The predicted octanol–water partition coefficient (Wildman–Crippen LogP) is 3.57. The number of rotatable bonds is 6. The Hall–Kier alpha value is -2.53. The van der Waals surface area contributed by atoms with E-state index in [2.05, 4.69) is 17.0 Å². The molecule has 0 bridgehead atoms. The van der Waals surface area contributed by atoms with Gasteiger partial charge in [-0.05, 0) is 56.3 Å². The van der Waals surface area contributed by atoms with Crippen molar-refractivity contribution in [1.82, 2.24) is 4.90 Å². The molecule has 0 fully saturated rings. The highest BCUT2D eigenvalue weighted by Gasteiger charge is 2.36. The SMILES string of the molecule is COc1ccc([C@@H]2Cc3c(OC)cccc3N(CCN(C)C)C(=O)[C@@H]2C)cc1. The van der Waals surface area contributed by atoms with Gasteiger partial charge in [0.1, 0.15) is 11.5 Å². The summed E-state index contributed by atoms with van der Waals surface area (Å²) in [6, 6.07) is 14.0. The maximum atomic E-state index is 13.5. The molecule has 2 aromatic rings. The van der Waals surface area contributed by atoms with E-state index in [0.717, 1.165) is 41.3 Å². The summed E-state index contributed by atoms with van der Waals surface area (Å²) in [5, 5.41) is 0. The maximum absolute atomic E-state index is 13.5. The zero-order valence-electron chi connectivity index (χ0n) is 17.4. The minimum absolute atomic E-state index is 0.0813. The lowest BCUT2D eigenvalue weighted by atomic mass is 9.82. The molecule has 0 saturated heterocycles. The fourth-order valence-electron chi connectivity index (χ4n) is 3.92. The lowest BCUT2D eigenvalue weighted by Crippen LogP contribution is -2.40. The molecule has 1 heterocycles. The number of amides is 1. The van der Waals surface area contributed by atoms with Crippen LogP contribution in [0.3, 0.4) is 0 Å². The van der Waals surface area contributed by atoms with E-state index in [1.165, 1.54) is 0 Å². The van der Waals surface area contributed by atoms with Gasteiger partial charge in [0.25, 0.3) is 0 Å². The molecule has 5 heteroatoms. The molecule has 0 unspecified atom stereocenters. The van der Waals surface area contributed by atoms with Crippen molar-refractivity contribution < 1.29 is 14.3 Å². The first-order chi connectivity index (χ1) is 13.5. The second-order valence-electron chi connectivity index (χ2n) is 7.62. The monoisotopic (exact) mass is 382 g/mol. The van der Waals surface area contributed by atoms with Gasteiger partial charge in [0.15, 0.2) is 0 Å². The highest BCUT2D eigenvalue weighted by Crippen LogP contribution is 2.41. The van der Waals surface area contributed by atoms with Crippen LogP contribution in [-0.4, -0.2) is 52.2 Å². The average Bonchev–Trinajstić information content (AvgIpc) is 2.81. The Balaban J connectivity index is 2.05. The molecule has 5 nitrogen and oxygen atoms in total. The summed E-state index contributed by atoms with van der Waals surface area (Å²) < 4.78 is 11.0. The molecule has 2 aromatic carbocycles. The van der Waals surface area contributed by atoms with Crippen LogP contribution in [0.25, 0.3) is 0 Å². The number of methoxy groups -OCH3 is 2. The van der Waals surface area contributed by atoms with Gasteiger partial charge in [-0.15, -0.1) is 0 Å². The molecule has 28 heavy (non-hydrogen) atoms. The van der Waals surface area contributed by atoms with Crippen molar-refractivity contribution in [2.75, 3.05) is 46.3 Å². The van der Waals surface area contributed by atoms with E-state index in [1.807, 2.05) is 56.3 Å². The molecule has 1 aliphatic heterocycles. The van der Waals surface area contributed by atoms with Crippen molar-refractivity contribution in [3.8, 4) is 11.5 Å². The van der Waals surface area contributed by atoms with E-state index >= 15 is 0 Å². The van der Waals surface area contributed by atoms with Crippen LogP contribution in [0.1, 0.15) is 24.0 Å². The number of anilines is 1. The smallest absolute Gasteiger partial charge is 0.230 e. The number of benzene rings is 2. The number of likely N-dealkylation sites (N-methyl/N-ethyl adjacent to an activating group) is 1. The molecule has 0 aromatic heterocycles. The molecule has 150 valence electrons. The van der Waals surface area contributed by atoms with Gasteiger partial charge < -0.3 is 19.3 Å². The number of carbonyl (C=O) groups excluding carboxylic acids is 1. The molecule has 2 atom stereocenters. The third-order valence-electron chi connectivity index (χ3n) is 5.62. The van der Waals surface area contributed by atoms with Gasteiger partial charge in [-0.3, -0.25) is 4.79 Å². The minimum atomic E-state index is -0.132. The normalized spacial score (nSPS) is 19.4. The zero-order valence-corrected chi connectivity index (χ0v) is 17.4. The van der Waals surface area contributed by atoms with E-state index < -0.39 is 0 Å². The number of nitrogens with zero attached hydrogens (tertiary/aromatic N) is 2. The summed E-state index contributed by atoms with van der Waals surface area (Å²) in [7, 11) is 7.41. The topological polar surface area (TPSA) is 42.0 Å². The molecular formula is C23H30N2O3. The van der Waals surface area contributed by atoms with Crippen LogP contribution in [0.4, 0.5) is 5.69 Å². The van der Waals surface area contributed by atoms with Gasteiger partial charge in [-0.1, -0.05) is 25.1 Å². The number of fused-ring (bicyclic) bond motifs is 1. The van der Waals surface area contributed by atoms with Crippen LogP contribution in [0.2, 0.25) is 0 Å². The second-order valence-corrected chi connectivity index (χ2v) is 7.62. The van der Waals surface area contributed by atoms with Crippen LogP contribution in [0.5, 0.6) is 11.5 Å². The quantitative estimate of drug-likeness (QED) is 0.766. The molecule has 0 saturated carbocycles. The van der Waals surface area contributed by atoms with Crippen molar-refractivity contribution in [1.29, 1.82) is 0 Å². The van der Waals surface area contributed by atoms with Crippen LogP contribution >= 0.6 is 0 Å². The Morgan fingerprint density at radius 2 is 1.79 bits per heavy atom. The Kier molecular flexibility index (Phi) is 6.25. The van der Waals surface area contributed by atoms with Crippen LogP contribution in [0.15, 0.2) is 42.5 Å². The third kappa shape index (κ3) is 3.99. The zero-order chi connectivity index (χ0) is 20.3. The van der Waals surface area contributed by atoms with E-state index in [0.29, 0.717) is 6.54 Å². The molecular weight excluding hydrogens is 352 g/mol. The summed E-state index contributed by atoms with van der Waals surface area (Å²) in [5.74, 6) is 1.77. The van der Waals surface area contributed by atoms with Gasteiger partial charge in [0.05, 0.1) is 19.9 Å². The largest absolute Gasteiger partial charge is 0.497 e. The van der Waals surface area contributed by atoms with Crippen molar-refractivity contribution in [3.05, 3.63) is 53.6 Å². The van der Waals surface area contributed by atoms with Crippen molar-refractivity contribution >= 4 is 11.6 Å². The van der Waals surface area contributed by atoms with Crippen LogP contribution in [-0.2, 0) is 11.2 Å². The van der Waals surface area contributed by atoms with E-state index in [-0.39, 0.29) is 17.7 Å². The first-order valence-corrected chi connectivity index (χ1v) is 9.72. The fraction of sp³-hybridized carbons (Fsp3) is 0.435. The lowest BCUT2D eigenvalue weighted by Gasteiger charge is -2.27. The number of carbonyl (C=O) groups is 1. The van der Waals surface area contributed by atoms with Crippen LogP contribution in [0, 0.1) is 5.92 Å². The average molecular weight is 383 g/mol. The highest BCUT2D eigenvalue weighted by atomic mass is 16.5. The fourth-order valence-corrected chi connectivity index (χ4v) is 3.92. The van der Waals surface area contributed by atoms with Crippen molar-refractivity contribution in [2.24, 2.45) is 5.92 Å². The van der Waals surface area contributed by atoms with Crippen molar-refractivity contribution in [2.45, 2.75) is 19.3 Å². The maximum Gasteiger partial charge on any atom is 0.230 e. The standard InChI is InChI=1S/C23H30N2O3/c1-16-19(17-9-11-18(27-4)12-10-17)15-20-21(7-6-8-22(20)28-5)25(23(16)26)14-13-24(2)3/h6-12,16,19H,13-15H2,1-5H3/t16-,19-/m1/s1. The van der Waals surface area contributed by atoms with Gasteiger partial charge in [0, 0.05) is 24.6 Å². The van der Waals surface area contributed by atoms with Crippen LogP contribution < -0.4 is 14.4 Å². The van der Waals surface area contributed by atoms with Crippen molar-refractivity contribution in [3.63, 3.8) is 0 Å². The Morgan fingerprint density at radius 3 is 2.39 bits per heavy atom. The van der Waals surface area contributed by atoms with Gasteiger partial charge in [-0.25, -0.2) is 0 Å². The summed E-state index contributed by atoms with van der Waals surface area (Å²) >= 11 is 0. The van der Waals surface area contributed by atoms with Gasteiger partial charge in [-0.2, -0.15) is 0 Å². The third-order valence-corrected chi connectivity index (χ3v) is 5.62. The van der Waals surface area contributed by atoms with E-state index in [1.54, 1.807) is 14.2 Å². The Bertz CT molecular complexity index is 817. The van der Waals surface area contributed by atoms with Gasteiger partial charge in [0.2, 0.25) is 5.91 Å². The molecule has 0 N–H and O–H groups in total. The summed E-state index contributed by atoms with van der Waals surface area (Å²) in [6.45, 7) is 3.51. The number of hydrogen-bond donors (Lipinski definition) is 0. The Morgan fingerprint density at radius 1 is 1.07 bits per heavy atom. The first kappa shape index (κ1) is 20.2. The van der Waals surface area contributed by atoms with E-state index in [4.69, 9.17) is 9.47 Å². The lowest BCUT2D eigenvalue weighted by molar-refractivity contribution is -0.122. The number of ether oxygens (including phenoxy) is 2. The number of hydrogen-bond acceptors (Lipinski definition) is 4.